The molecule has 1 aromatic heterocycles. The van der Waals surface area contributed by atoms with Crippen LogP contribution >= 0.6 is 11.3 Å². The van der Waals surface area contributed by atoms with Gasteiger partial charge in [0.05, 0.1) is 12.1 Å². The highest BCUT2D eigenvalue weighted by Crippen LogP contribution is 2.32. The predicted molar refractivity (Wildman–Crippen MR) is 122 cm³/mol. The Morgan fingerprint density at radius 3 is 2.58 bits per heavy atom. The molecule has 1 fully saturated rings. The molecule has 11 heteroatoms. The van der Waals surface area contributed by atoms with Crippen molar-refractivity contribution < 1.29 is 22.8 Å². The minimum atomic E-state index is -4.43. The molecule has 2 aromatic rings. The average molecular weight is 484 g/mol. The Hall–Kier alpha value is -2.66. The molecule has 1 aliphatic rings. The number of nitrogens with zero attached hydrogens (tertiary/aromatic N) is 3. The van der Waals surface area contributed by atoms with Crippen LogP contribution in [0.2, 0.25) is 0 Å². The second-order valence-corrected chi connectivity index (χ2v) is 9.20. The number of amides is 2. The fourth-order valence-electron chi connectivity index (χ4n) is 3.36. The molecule has 33 heavy (non-hydrogen) atoms. The third-order valence-electron chi connectivity index (χ3n) is 5.24. The third-order valence-corrected chi connectivity index (χ3v) is 5.99. The summed E-state index contributed by atoms with van der Waals surface area (Å²) in [6, 6.07) is 4.82. The molecule has 0 aliphatic carbocycles. The van der Waals surface area contributed by atoms with Gasteiger partial charge in [0.25, 0.3) is 5.91 Å². The monoisotopic (exact) mass is 483 g/mol. The minimum Gasteiger partial charge on any atom is -0.355 e. The van der Waals surface area contributed by atoms with Crippen molar-refractivity contribution in [3.05, 3.63) is 40.9 Å². The smallest absolute Gasteiger partial charge is 0.355 e. The Labute approximate surface area is 195 Å². The number of halogens is 3. The standard InChI is InChI=1S/C22H28F3N5O2S/c1-15(2)6-7-26-19(31)13-29-8-10-30(11-9-29)20(32)18-14-33-21(28-18)27-17-5-3-4-16(12-17)22(23,24)25/h3-5,12,14-15H,6-11,13H2,1-2H3,(H,26,31)(H,27,28). The molecule has 3 rings (SSSR count). The van der Waals surface area contributed by atoms with E-state index in [1.54, 1.807) is 10.3 Å². The Morgan fingerprint density at radius 2 is 1.91 bits per heavy atom. The number of carbonyl (C=O) groups is 2. The van der Waals surface area contributed by atoms with Gasteiger partial charge in [-0.3, -0.25) is 14.5 Å². The summed E-state index contributed by atoms with van der Waals surface area (Å²) in [5.41, 5.74) is -0.264. The van der Waals surface area contributed by atoms with E-state index in [1.165, 1.54) is 12.1 Å². The minimum absolute atomic E-state index is 0.0137. The third kappa shape index (κ3) is 7.43. The maximum Gasteiger partial charge on any atom is 0.416 e. The molecule has 180 valence electrons. The van der Waals surface area contributed by atoms with Gasteiger partial charge in [-0.1, -0.05) is 19.9 Å². The number of hydrogen-bond acceptors (Lipinski definition) is 6. The van der Waals surface area contributed by atoms with Crippen LogP contribution in [-0.2, 0) is 11.0 Å². The van der Waals surface area contributed by atoms with Crippen LogP contribution in [0.3, 0.4) is 0 Å². The Bertz CT molecular complexity index is 956. The van der Waals surface area contributed by atoms with Gasteiger partial charge in [-0.25, -0.2) is 4.98 Å². The quantitative estimate of drug-likeness (QED) is 0.597. The van der Waals surface area contributed by atoms with E-state index in [0.29, 0.717) is 50.3 Å². The van der Waals surface area contributed by atoms with Crippen molar-refractivity contribution in [2.24, 2.45) is 5.92 Å². The van der Waals surface area contributed by atoms with E-state index in [0.717, 1.165) is 29.9 Å². The fraction of sp³-hybridized carbons (Fsp3) is 0.500. The first kappa shape index (κ1) is 25.0. The van der Waals surface area contributed by atoms with Crippen molar-refractivity contribution in [3.8, 4) is 0 Å². The van der Waals surface area contributed by atoms with Gasteiger partial charge in [-0.2, -0.15) is 13.2 Å². The maximum atomic E-state index is 12.9. The molecule has 1 saturated heterocycles. The van der Waals surface area contributed by atoms with Gasteiger partial charge in [-0.15, -0.1) is 11.3 Å². The summed E-state index contributed by atoms with van der Waals surface area (Å²) in [4.78, 5) is 32.8. The van der Waals surface area contributed by atoms with Gasteiger partial charge < -0.3 is 15.5 Å². The maximum absolute atomic E-state index is 12.9. The molecule has 2 heterocycles. The highest BCUT2D eigenvalue weighted by Gasteiger charge is 2.30. The van der Waals surface area contributed by atoms with E-state index in [2.05, 4.69) is 29.5 Å². The second-order valence-electron chi connectivity index (χ2n) is 8.34. The van der Waals surface area contributed by atoms with Crippen LogP contribution in [0.4, 0.5) is 24.0 Å². The van der Waals surface area contributed by atoms with E-state index < -0.39 is 11.7 Å². The number of anilines is 2. The van der Waals surface area contributed by atoms with Crippen LogP contribution in [0.15, 0.2) is 29.6 Å². The number of aromatic nitrogens is 1. The van der Waals surface area contributed by atoms with E-state index in [1.807, 2.05) is 4.90 Å². The average Bonchev–Trinajstić information content (AvgIpc) is 3.21. The molecule has 1 aliphatic heterocycles. The van der Waals surface area contributed by atoms with Crippen LogP contribution in [-0.4, -0.2) is 65.9 Å². The summed E-state index contributed by atoms with van der Waals surface area (Å²) in [7, 11) is 0. The Kier molecular flexibility index (Phi) is 8.30. The molecular formula is C22H28F3N5O2S. The van der Waals surface area contributed by atoms with Crippen molar-refractivity contribution in [3.63, 3.8) is 0 Å². The highest BCUT2D eigenvalue weighted by atomic mass is 32.1. The lowest BCUT2D eigenvalue weighted by molar-refractivity contribution is -0.137. The number of alkyl halides is 3. The normalized spacial score (nSPS) is 15.0. The lowest BCUT2D eigenvalue weighted by atomic mass is 10.1. The zero-order valence-electron chi connectivity index (χ0n) is 18.6. The lowest BCUT2D eigenvalue weighted by Crippen LogP contribution is -2.51. The Morgan fingerprint density at radius 1 is 1.18 bits per heavy atom. The molecule has 0 radical (unpaired) electrons. The number of benzene rings is 1. The van der Waals surface area contributed by atoms with Crippen LogP contribution in [0.1, 0.15) is 36.3 Å². The summed E-state index contributed by atoms with van der Waals surface area (Å²) in [6.07, 6.45) is -3.50. The van der Waals surface area contributed by atoms with Crippen LogP contribution in [0.25, 0.3) is 0 Å². The molecule has 0 spiro atoms. The summed E-state index contributed by atoms with van der Waals surface area (Å²) < 4.78 is 38.7. The van der Waals surface area contributed by atoms with Gasteiger partial charge in [0.15, 0.2) is 5.13 Å². The molecule has 0 saturated carbocycles. The Balaban J connectivity index is 1.49. The molecule has 7 nitrogen and oxygen atoms in total. The van der Waals surface area contributed by atoms with Crippen LogP contribution in [0, 0.1) is 5.92 Å². The van der Waals surface area contributed by atoms with Gasteiger partial charge in [0.2, 0.25) is 5.91 Å². The fourth-order valence-corrected chi connectivity index (χ4v) is 4.06. The van der Waals surface area contributed by atoms with Gasteiger partial charge in [0, 0.05) is 43.8 Å². The molecule has 2 amide bonds. The van der Waals surface area contributed by atoms with Crippen molar-refractivity contribution in [2.75, 3.05) is 44.6 Å². The van der Waals surface area contributed by atoms with Crippen LogP contribution < -0.4 is 10.6 Å². The van der Waals surface area contributed by atoms with Crippen molar-refractivity contribution in [1.82, 2.24) is 20.1 Å². The second kappa shape index (κ2) is 11.0. The summed E-state index contributed by atoms with van der Waals surface area (Å²) in [6.45, 7) is 7.31. The SMILES string of the molecule is CC(C)CCNC(=O)CN1CCN(C(=O)c2csc(Nc3cccc(C(F)(F)F)c3)n2)CC1. The first-order valence-corrected chi connectivity index (χ1v) is 11.7. The van der Waals surface area contributed by atoms with Gasteiger partial charge in [0.1, 0.15) is 5.69 Å². The van der Waals surface area contributed by atoms with Crippen molar-refractivity contribution in [1.29, 1.82) is 0 Å². The number of thiazole rings is 1. The highest BCUT2D eigenvalue weighted by molar-refractivity contribution is 7.14. The molecule has 0 unspecified atom stereocenters. The van der Waals surface area contributed by atoms with E-state index in [9.17, 15) is 22.8 Å². The number of carbonyl (C=O) groups excluding carboxylic acids is 2. The number of rotatable bonds is 8. The summed E-state index contributed by atoms with van der Waals surface area (Å²) in [5.74, 6) is 0.288. The van der Waals surface area contributed by atoms with Crippen LogP contribution in [0.5, 0.6) is 0 Å². The zero-order chi connectivity index (χ0) is 24.0. The van der Waals surface area contributed by atoms with E-state index >= 15 is 0 Å². The molecule has 1 aromatic carbocycles. The number of nitrogens with one attached hydrogen (secondary N) is 2. The van der Waals surface area contributed by atoms with Gasteiger partial charge >= 0.3 is 6.18 Å². The zero-order valence-corrected chi connectivity index (χ0v) is 19.4. The molecule has 0 bridgehead atoms. The van der Waals surface area contributed by atoms with Gasteiger partial charge in [-0.05, 0) is 30.5 Å². The number of piperazine rings is 1. The largest absolute Gasteiger partial charge is 0.416 e. The molecule has 2 N–H and O–H groups in total. The van der Waals surface area contributed by atoms with Crippen molar-refractivity contribution >= 4 is 34.0 Å². The van der Waals surface area contributed by atoms with E-state index in [4.69, 9.17) is 0 Å². The summed E-state index contributed by atoms with van der Waals surface area (Å²) in [5, 5.41) is 7.68. The first-order valence-electron chi connectivity index (χ1n) is 10.8. The summed E-state index contributed by atoms with van der Waals surface area (Å²) >= 11 is 1.15. The van der Waals surface area contributed by atoms with E-state index in [-0.39, 0.29) is 23.2 Å². The molecule has 0 atom stereocenters. The molecular weight excluding hydrogens is 455 g/mol. The first-order chi connectivity index (χ1) is 15.6. The predicted octanol–water partition coefficient (Wildman–Crippen LogP) is 3.83. The number of hydrogen-bond donors (Lipinski definition) is 2. The lowest BCUT2D eigenvalue weighted by Gasteiger charge is -2.34. The topological polar surface area (TPSA) is 77.6 Å². The van der Waals surface area contributed by atoms with Crippen molar-refractivity contribution in [2.45, 2.75) is 26.4 Å².